The summed E-state index contributed by atoms with van der Waals surface area (Å²) in [6.45, 7) is 0.623. The maximum atomic E-state index is 14.5. The van der Waals surface area contributed by atoms with Crippen LogP contribution in [0.2, 0.25) is 5.02 Å². The molecule has 1 saturated carbocycles. The first-order valence-electron chi connectivity index (χ1n) is 12.0. The predicted molar refractivity (Wildman–Crippen MR) is 142 cm³/mol. The molecule has 0 saturated heterocycles. The van der Waals surface area contributed by atoms with E-state index in [1.165, 1.54) is 30.5 Å². The lowest BCUT2D eigenvalue weighted by molar-refractivity contribution is -0.111. The fraction of sp³-hybridized carbons (Fsp3) is 0.360. The van der Waals surface area contributed by atoms with Crippen molar-refractivity contribution in [2.75, 3.05) is 36.6 Å². The standard InChI is InChI=1S/C25H30ClFN8O2/c1-34(2)11-3-4-23(37)30-16-5-10-21(27)22(12-16)32-24-20(26)14-28-25(33-24)31-17-13-29-35(15-17)18-6-8-19(36)9-7-18/h3-5,10,12-15,18-19,36H,6-9,11H2,1-2H3,(H,30,37)(H2,28,31,32,33)/b4-3+. The maximum Gasteiger partial charge on any atom is 0.248 e. The first kappa shape index (κ1) is 26.5. The average Bonchev–Trinajstić information content (AvgIpc) is 3.32. The minimum absolute atomic E-state index is 0.0916. The number of hydrogen-bond donors (Lipinski definition) is 4. The molecule has 0 atom stereocenters. The van der Waals surface area contributed by atoms with Crippen molar-refractivity contribution in [3.63, 3.8) is 0 Å². The molecule has 196 valence electrons. The van der Waals surface area contributed by atoms with Gasteiger partial charge in [-0.2, -0.15) is 10.1 Å². The van der Waals surface area contributed by atoms with Gasteiger partial charge in [-0.1, -0.05) is 17.7 Å². The lowest BCUT2D eigenvalue weighted by atomic mass is 9.93. The van der Waals surface area contributed by atoms with Crippen LogP contribution in [0.1, 0.15) is 31.7 Å². The first-order chi connectivity index (χ1) is 17.8. The molecule has 1 aromatic carbocycles. The Kier molecular flexibility index (Phi) is 8.70. The highest BCUT2D eigenvalue weighted by Gasteiger charge is 2.21. The number of hydrogen-bond acceptors (Lipinski definition) is 8. The quantitative estimate of drug-likeness (QED) is 0.300. The van der Waals surface area contributed by atoms with Crippen LogP contribution in [-0.2, 0) is 4.79 Å². The fourth-order valence-electron chi connectivity index (χ4n) is 3.95. The van der Waals surface area contributed by atoms with Gasteiger partial charge in [0.2, 0.25) is 11.9 Å². The second-order valence-corrected chi connectivity index (χ2v) is 9.57. The topological polar surface area (TPSA) is 120 Å². The van der Waals surface area contributed by atoms with Gasteiger partial charge >= 0.3 is 0 Å². The van der Waals surface area contributed by atoms with Crippen LogP contribution in [0.5, 0.6) is 0 Å². The molecule has 4 rings (SSSR count). The van der Waals surface area contributed by atoms with E-state index in [2.05, 4.69) is 31.0 Å². The molecule has 0 unspecified atom stereocenters. The number of anilines is 5. The molecular formula is C25H30ClFN8O2. The Hall–Kier alpha value is -3.54. The van der Waals surface area contributed by atoms with Crippen molar-refractivity contribution in [3.05, 3.63) is 59.8 Å². The Balaban J connectivity index is 1.43. The largest absolute Gasteiger partial charge is 0.393 e. The maximum absolute atomic E-state index is 14.5. The number of aliphatic hydroxyl groups excluding tert-OH is 1. The van der Waals surface area contributed by atoms with Gasteiger partial charge in [0.1, 0.15) is 10.8 Å². The van der Waals surface area contributed by atoms with Crippen LogP contribution in [-0.4, -0.2) is 62.4 Å². The first-order valence-corrected chi connectivity index (χ1v) is 12.3. The molecule has 0 bridgehead atoms. The summed E-state index contributed by atoms with van der Waals surface area (Å²) < 4.78 is 16.4. The van der Waals surface area contributed by atoms with Crippen LogP contribution in [0.3, 0.4) is 0 Å². The summed E-state index contributed by atoms with van der Waals surface area (Å²) in [4.78, 5) is 22.6. The second kappa shape index (κ2) is 12.1. The number of carbonyl (C=O) groups excluding carboxylic acids is 1. The third-order valence-corrected chi connectivity index (χ3v) is 6.15. The van der Waals surface area contributed by atoms with Crippen molar-refractivity contribution < 1.29 is 14.3 Å². The van der Waals surface area contributed by atoms with Gasteiger partial charge < -0.3 is 26.0 Å². The van der Waals surface area contributed by atoms with Gasteiger partial charge in [0.25, 0.3) is 0 Å². The highest BCUT2D eigenvalue weighted by atomic mass is 35.5. The van der Waals surface area contributed by atoms with E-state index in [0.29, 0.717) is 17.9 Å². The van der Waals surface area contributed by atoms with Crippen molar-refractivity contribution in [2.45, 2.75) is 37.8 Å². The Morgan fingerprint density at radius 3 is 2.76 bits per heavy atom. The number of nitrogens with one attached hydrogen (secondary N) is 3. The summed E-state index contributed by atoms with van der Waals surface area (Å²) in [7, 11) is 3.80. The lowest BCUT2D eigenvalue weighted by Gasteiger charge is -2.25. The zero-order valence-electron chi connectivity index (χ0n) is 20.7. The van der Waals surface area contributed by atoms with Gasteiger partial charge in [0.05, 0.1) is 35.9 Å². The molecule has 1 aliphatic rings. The van der Waals surface area contributed by atoms with Crippen LogP contribution < -0.4 is 16.0 Å². The zero-order valence-corrected chi connectivity index (χ0v) is 21.4. The van der Waals surface area contributed by atoms with Crippen LogP contribution in [0.15, 0.2) is 48.9 Å². The molecule has 4 N–H and O–H groups in total. The SMILES string of the molecule is CN(C)C/C=C/C(=O)Nc1ccc(F)c(Nc2nc(Nc3cnn(C4CCC(O)CC4)c3)ncc2Cl)c1. The summed E-state index contributed by atoms with van der Waals surface area (Å²) in [6, 6.07) is 4.41. The van der Waals surface area contributed by atoms with E-state index >= 15 is 0 Å². The molecule has 1 aliphatic carbocycles. The highest BCUT2D eigenvalue weighted by Crippen LogP contribution is 2.30. The van der Waals surface area contributed by atoms with Crippen molar-refractivity contribution in [2.24, 2.45) is 0 Å². The third-order valence-electron chi connectivity index (χ3n) is 5.87. The summed E-state index contributed by atoms with van der Waals surface area (Å²) in [5.74, 6) is -0.414. The number of rotatable bonds is 9. The van der Waals surface area contributed by atoms with Crippen LogP contribution in [0, 0.1) is 5.82 Å². The van der Waals surface area contributed by atoms with Gasteiger partial charge in [-0.25, -0.2) is 9.37 Å². The number of benzene rings is 1. The molecule has 0 aliphatic heterocycles. The lowest BCUT2D eigenvalue weighted by Crippen LogP contribution is -2.21. The molecule has 12 heteroatoms. The minimum atomic E-state index is -0.538. The number of amides is 1. The van der Waals surface area contributed by atoms with Gasteiger partial charge in [-0.3, -0.25) is 9.48 Å². The number of likely N-dealkylation sites (N-methyl/N-ethyl adjacent to an activating group) is 1. The average molecular weight is 529 g/mol. The molecule has 37 heavy (non-hydrogen) atoms. The minimum Gasteiger partial charge on any atom is -0.393 e. The Morgan fingerprint density at radius 2 is 2.00 bits per heavy atom. The summed E-state index contributed by atoms with van der Waals surface area (Å²) in [5, 5.41) is 23.0. The monoisotopic (exact) mass is 528 g/mol. The molecular weight excluding hydrogens is 499 g/mol. The molecule has 2 heterocycles. The van der Waals surface area contributed by atoms with E-state index in [0.717, 1.165) is 25.7 Å². The zero-order chi connectivity index (χ0) is 26.4. The van der Waals surface area contributed by atoms with E-state index in [9.17, 15) is 14.3 Å². The summed E-state index contributed by atoms with van der Waals surface area (Å²) in [5.41, 5.74) is 1.20. The molecule has 1 fully saturated rings. The number of halogens is 2. The molecule has 0 radical (unpaired) electrons. The number of aromatic nitrogens is 4. The van der Waals surface area contributed by atoms with Crippen LogP contribution >= 0.6 is 11.6 Å². The fourth-order valence-corrected chi connectivity index (χ4v) is 4.09. The van der Waals surface area contributed by atoms with Gasteiger partial charge in [0, 0.05) is 24.5 Å². The Morgan fingerprint density at radius 1 is 1.22 bits per heavy atom. The van der Waals surface area contributed by atoms with Gasteiger partial charge in [-0.15, -0.1) is 0 Å². The number of aliphatic hydroxyl groups is 1. The van der Waals surface area contributed by atoms with E-state index in [4.69, 9.17) is 11.6 Å². The highest BCUT2D eigenvalue weighted by molar-refractivity contribution is 6.32. The molecule has 0 spiro atoms. The van der Waals surface area contributed by atoms with Gasteiger partial charge in [-0.05, 0) is 58.0 Å². The molecule has 3 aromatic rings. The smallest absolute Gasteiger partial charge is 0.248 e. The van der Waals surface area contributed by atoms with Crippen molar-refractivity contribution >= 4 is 46.3 Å². The Labute approximate surface area is 219 Å². The second-order valence-electron chi connectivity index (χ2n) is 9.16. The molecule has 10 nitrogen and oxygen atoms in total. The molecule has 2 aromatic heterocycles. The van der Waals surface area contributed by atoms with E-state index in [1.54, 1.807) is 12.3 Å². The van der Waals surface area contributed by atoms with E-state index in [-0.39, 0.29) is 40.5 Å². The Bertz CT molecular complexity index is 1260. The van der Waals surface area contributed by atoms with Gasteiger partial charge in [0.15, 0.2) is 5.82 Å². The van der Waals surface area contributed by atoms with Crippen molar-refractivity contribution in [1.29, 1.82) is 0 Å². The third kappa shape index (κ3) is 7.48. The van der Waals surface area contributed by atoms with Crippen LogP contribution in [0.4, 0.5) is 33.2 Å². The van der Waals surface area contributed by atoms with E-state index in [1.807, 2.05) is 29.9 Å². The van der Waals surface area contributed by atoms with Crippen molar-refractivity contribution in [3.8, 4) is 0 Å². The number of carbonyl (C=O) groups is 1. The predicted octanol–water partition coefficient (Wildman–Crippen LogP) is 4.49. The summed E-state index contributed by atoms with van der Waals surface area (Å²) >= 11 is 6.27. The van der Waals surface area contributed by atoms with Crippen molar-refractivity contribution in [1.82, 2.24) is 24.6 Å². The summed E-state index contributed by atoms with van der Waals surface area (Å²) in [6.07, 6.45) is 11.1. The van der Waals surface area contributed by atoms with E-state index < -0.39 is 5.82 Å². The normalized spacial score (nSPS) is 17.8. The molecule has 1 amide bonds. The van der Waals surface area contributed by atoms with Crippen LogP contribution in [0.25, 0.3) is 0 Å². The number of nitrogens with zero attached hydrogens (tertiary/aromatic N) is 5.